The van der Waals surface area contributed by atoms with Gasteiger partial charge >= 0.3 is 0 Å². The molecule has 0 atom stereocenters. The zero-order valence-electron chi connectivity index (χ0n) is 18.3. The average molecular weight is 426 g/mol. The van der Waals surface area contributed by atoms with Crippen molar-refractivity contribution in [1.82, 2.24) is 10.6 Å². The Morgan fingerprint density at radius 1 is 1.03 bits per heavy atom. The lowest BCUT2D eigenvalue weighted by atomic mass is 9.74. The first-order valence-corrected chi connectivity index (χ1v) is 10.9. The Labute approximate surface area is 183 Å². The monoisotopic (exact) mass is 425 g/mol. The molecule has 1 saturated heterocycles. The minimum Gasteiger partial charge on any atom is -0.497 e. The molecule has 0 bridgehead atoms. The largest absolute Gasteiger partial charge is 0.497 e. The Morgan fingerprint density at radius 3 is 2.55 bits per heavy atom. The number of nitrogens with zero attached hydrogens (tertiary/aromatic N) is 1. The Bertz CT molecular complexity index is 892. The van der Waals surface area contributed by atoms with Gasteiger partial charge in [-0.25, -0.2) is 4.99 Å². The van der Waals surface area contributed by atoms with Gasteiger partial charge in [-0.3, -0.25) is 0 Å². The summed E-state index contributed by atoms with van der Waals surface area (Å²) < 4.78 is 22.0. The maximum absolute atomic E-state index is 5.68. The van der Waals surface area contributed by atoms with Crippen LogP contribution in [-0.4, -0.2) is 46.2 Å². The molecule has 7 nitrogen and oxygen atoms in total. The van der Waals surface area contributed by atoms with Crippen molar-refractivity contribution in [3.8, 4) is 17.2 Å². The second-order valence-corrected chi connectivity index (χ2v) is 7.86. The van der Waals surface area contributed by atoms with Gasteiger partial charge in [-0.15, -0.1) is 0 Å². The van der Waals surface area contributed by atoms with Gasteiger partial charge in [0.05, 0.1) is 13.7 Å². The lowest BCUT2D eigenvalue weighted by Gasteiger charge is -2.38. The number of ether oxygens (including phenoxy) is 4. The molecule has 2 aliphatic heterocycles. The first kappa shape index (κ1) is 21.3. The molecular weight excluding hydrogens is 394 g/mol. The normalized spacial score (nSPS) is 17.3. The van der Waals surface area contributed by atoms with Gasteiger partial charge < -0.3 is 29.6 Å². The van der Waals surface area contributed by atoms with Gasteiger partial charge in [-0.1, -0.05) is 18.2 Å². The highest BCUT2D eigenvalue weighted by Crippen LogP contribution is 2.40. The molecule has 0 aliphatic carbocycles. The van der Waals surface area contributed by atoms with Crippen molar-refractivity contribution < 1.29 is 18.9 Å². The van der Waals surface area contributed by atoms with Gasteiger partial charge in [-0.05, 0) is 55.2 Å². The predicted octanol–water partition coefficient (Wildman–Crippen LogP) is 3.23. The fourth-order valence-corrected chi connectivity index (χ4v) is 4.05. The molecule has 0 amide bonds. The third-order valence-electron chi connectivity index (χ3n) is 5.95. The van der Waals surface area contributed by atoms with E-state index in [-0.39, 0.29) is 12.2 Å². The molecule has 0 radical (unpaired) electrons. The van der Waals surface area contributed by atoms with Crippen LogP contribution in [0.4, 0.5) is 0 Å². The quantitative estimate of drug-likeness (QED) is 0.524. The summed E-state index contributed by atoms with van der Waals surface area (Å²) in [6.07, 6.45) is 1.88. The summed E-state index contributed by atoms with van der Waals surface area (Å²) in [7, 11) is 1.67. The van der Waals surface area contributed by atoms with Crippen molar-refractivity contribution in [1.29, 1.82) is 0 Å². The highest BCUT2D eigenvalue weighted by molar-refractivity contribution is 5.79. The Kier molecular flexibility index (Phi) is 6.82. The van der Waals surface area contributed by atoms with E-state index in [0.29, 0.717) is 6.54 Å². The third kappa shape index (κ3) is 5.05. The summed E-state index contributed by atoms with van der Waals surface area (Å²) in [4.78, 5) is 4.78. The van der Waals surface area contributed by atoms with E-state index in [1.54, 1.807) is 7.11 Å². The maximum atomic E-state index is 5.68. The number of aliphatic imine (C=N–C) groups is 1. The number of benzene rings is 2. The second kappa shape index (κ2) is 9.92. The molecule has 2 N–H and O–H groups in total. The zero-order valence-corrected chi connectivity index (χ0v) is 18.3. The second-order valence-electron chi connectivity index (χ2n) is 7.86. The van der Waals surface area contributed by atoms with Gasteiger partial charge in [0.1, 0.15) is 5.75 Å². The number of methoxy groups -OCH3 is 1. The van der Waals surface area contributed by atoms with E-state index >= 15 is 0 Å². The molecule has 166 valence electrons. The van der Waals surface area contributed by atoms with E-state index in [1.165, 1.54) is 5.56 Å². The van der Waals surface area contributed by atoms with Crippen LogP contribution in [0.25, 0.3) is 0 Å². The van der Waals surface area contributed by atoms with Crippen LogP contribution < -0.4 is 24.8 Å². The topological polar surface area (TPSA) is 73.3 Å². The molecule has 2 aliphatic rings. The molecule has 2 heterocycles. The summed E-state index contributed by atoms with van der Waals surface area (Å²) in [6.45, 7) is 6.02. The van der Waals surface area contributed by atoms with Gasteiger partial charge in [-0.2, -0.15) is 0 Å². The summed E-state index contributed by atoms with van der Waals surface area (Å²) in [5.41, 5.74) is 2.34. The van der Waals surface area contributed by atoms with Crippen LogP contribution in [0.2, 0.25) is 0 Å². The number of hydrogen-bond donors (Lipinski definition) is 2. The predicted molar refractivity (Wildman–Crippen MR) is 120 cm³/mol. The molecule has 2 aromatic rings. The van der Waals surface area contributed by atoms with E-state index < -0.39 is 0 Å². The van der Waals surface area contributed by atoms with Gasteiger partial charge in [0.2, 0.25) is 6.79 Å². The SMILES string of the molecule is CCNC(=NCc1ccc(OC)cc1)NCC1(c2ccc3c(c2)OCO3)CCOCC1. The third-order valence-corrected chi connectivity index (χ3v) is 5.95. The number of fused-ring (bicyclic) bond motifs is 1. The van der Waals surface area contributed by atoms with Crippen molar-refractivity contribution in [2.45, 2.75) is 31.7 Å². The summed E-state index contributed by atoms with van der Waals surface area (Å²) >= 11 is 0. The highest BCUT2D eigenvalue weighted by atomic mass is 16.7. The maximum Gasteiger partial charge on any atom is 0.231 e. The first-order valence-electron chi connectivity index (χ1n) is 10.9. The smallest absolute Gasteiger partial charge is 0.231 e. The molecule has 31 heavy (non-hydrogen) atoms. The molecule has 0 aromatic heterocycles. The fourth-order valence-electron chi connectivity index (χ4n) is 4.05. The van der Waals surface area contributed by atoms with Crippen molar-refractivity contribution in [3.63, 3.8) is 0 Å². The minimum atomic E-state index is -0.0461. The molecule has 4 rings (SSSR count). The van der Waals surface area contributed by atoms with Crippen LogP contribution in [0.5, 0.6) is 17.2 Å². The van der Waals surface area contributed by atoms with Gasteiger partial charge in [0, 0.05) is 31.7 Å². The van der Waals surface area contributed by atoms with Crippen LogP contribution in [0.3, 0.4) is 0 Å². The van der Waals surface area contributed by atoms with Crippen LogP contribution in [0, 0.1) is 0 Å². The summed E-state index contributed by atoms with van der Waals surface area (Å²) in [5.74, 6) is 3.30. The molecule has 0 saturated carbocycles. The van der Waals surface area contributed by atoms with Crippen molar-refractivity contribution in [2.24, 2.45) is 4.99 Å². The number of hydrogen-bond acceptors (Lipinski definition) is 5. The van der Waals surface area contributed by atoms with E-state index in [1.807, 2.05) is 30.3 Å². The Morgan fingerprint density at radius 2 is 1.81 bits per heavy atom. The first-order chi connectivity index (χ1) is 15.2. The number of rotatable bonds is 7. The Balaban J connectivity index is 1.48. The molecule has 2 aromatic carbocycles. The lowest BCUT2D eigenvalue weighted by Crippen LogP contribution is -2.48. The van der Waals surface area contributed by atoms with E-state index in [0.717, 1.165) is 67.9 Å². The number of guanidine groups is 1. The summed E-state index contributed by atoms with van der Waals surface area (Å²) in [6, 6.07) is 14.3. The molecule has 7 heteroatoms. The van der Waals surface area contributed by atoms with Crippen LogP contribution >= 0.6 is 0 Å². The zero-order chi connectivity index (χ0) is 21.5. The number of nitrogens with one attached hydrogen (secondary N) is 2. The fraction of sp³-hybridized carbons (Fsp3) is 0.458. The molecular formula is C24H31N3O4. The molecule has 1 fully saturated rings. The van der Waals surface area contributed by atoms with E-state index in [9.17, 15) is 0 Å². The van der Waals surface area contributed by atoms with Crippen molar-refractivity contribution in [3.05, 3.63) is 53.6 Å². The standard InChI is InChI=1S/C24H31N3O4/c1-3-25-23(26-15-18-4-7-20(28-2)8-5-18)27-16-24(10-12-29-13-11-24)19-6-9-21-22(14-19)31-17-30-21/h4-9,14H,3,10-13,15-17H2,1-2H3,(H2,25,26,27). The molecule has 0 unspecified atom stereocenters. The van der Waals surface area contributed by atoms with Crippen LogP contribution in [0.1, 0.15) is 30.9 Å². The molecule has 0 spiro atoms. The van der Waals surface area contributed by atoms with Gasteiger partial charge in [0.15, 0.2) is 17.5 Å². The van der Waals surface area contributed by atoms with E-state index in [2.05, 4.69) is 29.7 Å². The average Bonchev–Trinajstić information content (AvgIpc) is 3.30. The van der Waals surface area contributed by atoms with Gasteiger partial charge in [0.25, 0.3) is 0 Å². The van der Waals surface area contributed by atoms with Crippen molar-refractivity contribution >= 4 is 5.96 Å². The van der Waals surface area contributed by atoms with Crippen molar-refractivity contribution in [2.75, 3.05) is 40.2 Å². The van der Waals surface area contributed by atoms with Crippen LogP contribution in [0.15, 0.2) is 47.5 Å². The highest BCUT2D eigenvalue weighted by Gasteiger charge is 2.35. The van der Waals surface area contributed by atoms with Crippen LogP contribution in [-0.2, 0) is 16.7 Å². The summed E-state index contributed by atoms with van der Waals surface area (Å²) in [5, 5.41) is 6.94. The minimum absolute atomic E-state index is 0.0461. The lowest BCUT2D eigenvalue weighted by molar-refractivity contribution is 0.0513. The Hall–Kier alpha value is -2.93. The van der Waals surface area contributed by atoms with E-state index in [4.69, 9.17) is 23.9 Å².